The molecular formula is C22H21N7O2. The van der Waals surface area contributed by atoms with Crippen LogP contribution >= 0.6 is 0 Å². The van der Waals surface area contributed by atoms with E-state index in [-0.39, 0.29) is 23.3 Å². The first-order valence-corrected chi connectivity index (χ1v) is 10.4. The van der Waals surface area contributed by atoms with Gasteiger partial charge < -0.3 is 14.0 Å². The summed E-state index contributed by atoms with van der Waals surface area (Å²) in [5.74, 6) is 1.08. The van der Waals surface area contributed by atoms with Crippen molar-refractivity contribution >= 4 is 11.6 Å². The number of carbonyl (C=O) groups excluding carboxylic acids is 1. The van der Waals surface area contributed by atoms with Crippen molar-refractivity contribution in [2.75, 3.05) is 13.1 Å². The summed E-state index contributed by atoms with van der Waals surface area (Å²) >= 11 is 0. The quantitative estimate of drug-likeness (QED) is 0.496. The normalized spacial score (nSPS) is 20.1. The number of piperidine rings is 1. The van der Waals surface area contributed by atoms with E-state index in [4.69, 9.17) is 0 Å². The van der Waals surface area contributed by atoms with Crippen molar-refractivity contribution in [3.8, 4) is 11.4 Å². The molecule has 0 N–H and O–H groups in total. The number of likely N-dealkylation sites (tertiary alicyclic amines) is 1. The largest absolute Gasteiger partial charge is 0.338 e. The molecule has 0 aliphatic carbocycles. The van der Waals surface area contributed by atoms with E-state index in [0.717, 1.165) is 12.1 Å². The zero-order valence-electron chi connectivity index (χ0n) is 17.0. The molecule has 6 rings (SSSR count). The van der Waals surface area contributed by atoms with E-state index in [1.807, 2.05) is 39.4 Å². The van der Waals surface area contributed by atoms with Gasteiger partial charge in [0.2, 0.25) is 0 Å². The van der Waals surface area contributed by atoms with Crippen LogP contribution in [0.2, 0.25) is 0 Å². The Morgan fingerprint density at radius 3 is 2.84 bits per heavy atom. The molecule has 2 bridgehead atoms. The van der Waals surface area contributed by atoms with E-state index in [0.29, 0.717) is 42.2 Å². The average Bonchev–Trinajstić information content (AvgIpc) is 3.42. The summed E-state index contributed by atoms with van der Waals surface area (Å²) in [4.78, 5) is 36.9. The summed E-state index contributed by atoms with van der Waals surface area (Å²) in [6.45, 7) is 1.87. The van der Waals surface area contributed by atoms with Crippen LogP contribution in [0.15, 0.2) is 54.0 Å². The average molecular weight is 415 g/mol. The number of hydrogen-bond acceptors (Lipinski definition) is 5. The highest BCUT2D eigenvalue weighted by molar-refractivity contribution is 5.95. The zero-order valence-corrected chi connectivity index (χ0v) is 17.0. The van der Waals surface area contributed by atoms with Crippen LogP contribution in [0.25, 0.3) is 17.0 Å². The summed E-state index contributed by atoms with van der Waals surface area (Å²) in [6.07, 6.45) is 7.77. The van der Waals surface area contributed by atoms with Gasteiger partial charge in [-0.3, -0.25) is 9.59 Å². The predicted molar refractivity (Wildman–Crippen MR) is 113 cm³/mol. The fourth-order valence-electron chi connectivity index (χ4n) is 5.04. The van der Waals surface area contributed by atoms with Crippen molar-refractivity contribution in [1.29, 1.82) is 0 Å². The Morgan fingerprint density at radius 1 is 1.10 bits per heavy atom. The van der Waals surface area contributed by atoms with Crippen molar-refractivity contribution in [2.45, 2.75) is 18.9 Å². The number of aromatic nitrogens is 6. The maximum atomic E-state index is 13.2. The molecule has 9 heteroatoms. The summed E-state index contributed by atoms with van der Waals surface area (Å²) in [5, 5.41) is 4.08. The van der Waals surface area contributed by atoms with E-state index < -0.39 is 0 Å². The Bertz CT molecular complexity index is 1380. The Kier molecular flexibility index (Phi) is 3.86. The molecule has 0 aromatic carbocycles. The van der Waals surface area contributed by atoms with Crippen LogP contribution < -0.4 is 5.56 Å². The number of fused-ring (bicyclic) bond motifs is 5. The Labute approximate surface area is 177 Å². The number of carbonyl (C=O) groups is 1. The SMILES string of the molecule is Cn1ccnc1-c1ccc2n(c1=O)C[C@H]1C[C@@H]2CN(C(=O)c2ccn3ncnc3c2)C1. The lowest BCUT2D eigenvalue weighted by Gasteiger charge is -2.43. The fraction of sp³-hybridized carbons (Fsp3) is 0.318. The zero-order chi connectivity index (χ0) is 21.1. The van der Waals surface area contributed by atoms with Gasteiger partial charge >= 0.3 is 0 Å². The van der Waals surface area contributed by atoms with Crippen LogP contribution in [-0.4, -0.2) is 52.6 Å². The topological polar surface area (TPSA) is 90.3 Å². The maximum absolute atomic E-state index is 13.2. The molecule has 0 saturated carbocycles. The molecule has 31 heavy (non-hydrogen) atoms. The van der Waals surface area contributed by atoms with Crippen LogP contribution in [-0.2, 0) is 13.6 Å². The Morgan fingerprint density at radius 2 is 2.00 bits per heavy atom. The van der Waals surface area contributed by atoms with Gasteiger partial charge in [-0.25, -0.2) is 14.5 Å². The summed E-state index contributed by atoms with van der Waals surface area (Å²) in [5.41, 5.74) is 2.89. The Hall–Kier alpha value is -3.75. The highest BCUT2D eigenvalue weighted by Crippen LogP contribution is 2.36. The van der Waals surface area contributed by atoms with Crippen molar-refractivity contribution in [3.63, 3.8) is 0 Å². The molecule has 2 aliphatic rings. The number of nitrogens with zero attached hydrogens (tertiary/aromatic N) is 7. The van der Waals surface area contributed by atoms with E-state index >= 15 is 0 Å². The van der Waals surface area contributed by atoms with E-state index in [2.05, 4.69) is 15.1 Å². The van der Waals surface area contributed by atoms with Crippen LogP contribution in [0.3, 0.4) is 0 Å². The molecule has 4 aromatic heterocycles. The first-order valence-electron chi connectivity index (χ1n) is 10.4. The predicted octanol–water partition coefficient (Wildman–Crippen LogP) is 1.55. The van der Waals surface area contributed by atoms with Crippen LogP contribution in [0.1, 0.15) is 28.4 Å². The number of aryl methyl sites for hydroxylation is 1. The molecule has 0 spiro atoms. The molecule has 2 atom stereocenters. The van der Waals surface area contributed by atoms with Crippen LogP contribution in [0.5, 0.6) is 0 Å². The van der Waals surface area contributed by atoms with Crippen molar-refractivity contribution in [2.24, 2.45) is 13.0 Å². The van der Waals surface area contributed by atoms with Gasteiger partial charge in [-0.1, -0.05) is 0 Å². The monoisotopic (exact) mass is 415 g/mol. The molecular weight excluding hydrogens is 394 g/mol. The molecule has 4 aromatic rings. The van der Waals surface area contributed by atoms with E-state index in [1.165, 1.54) is 6.33 Å². The Balaban J connectivity index is 1.32. The molecule has 1 saturated heterocycles. The number of hydrogen-bond donors (Lipinski definition) is 0. The van der Waals surface area contributed by atoms with Gasteiger partial charge in [-0.05, 0) is 36.6 Å². The van der Waals surface area contributed by atoms with Gasteiger partial charge in [-0.15, -0.1) is 0 Å². The van der Waals surface area contributed by atoms with Gasteiger partial charge in [0.15, 0.2) is 5.65 Å². The molecule has 1 fully saturated rings. The molecule has 0 radical (unpaired) electrons. The second-order valence-corrected chi connectivity index (χ2v) is 8.44. The van der Waals surface area contributed by atoms with Gasteiger partial charge in [0.25, 0.3) is 11.5 Å². The number of imidazole rings is 1. The minimum atomic E-state index is -0.00136. The summed E-state index contributed by atoms with van der Waals surface area (Å²) in [6, 6.07) is 7.46. The highest BCUT2D eigenvalue weighted by atomic mass is 16.2. The van der Waals surface area contributed by atoms with Crippen molar-refractivity contribution in [1.82, 2.24) is 33.6 Å². The minimum Gasteiger partial charge on any atom is -0.338 e. The third-order valence-corrected chi connectivity index (χ3v) is 6.48. The first-order chi connectivity index (χ1) is 15.1. The van der Waals surface area contributed by atoms with Gasteiger partial charge in [-0.2, -0.15) is 5.10 Å². The standard InChI is InChI=1S/C22H21N7O2/c1-26-7-5-23-20(26)17-2-3-18-16-8-14(11-28(18)22(17)31)10-27(12-16)21(30)15-4-6-29-19(9-15)24-13-25-29/h2-7,9,13-14,16H,8,10-12H2,1H3/t14-,16+/m0/s1. The van der Waals surface area contributed by atoms with E-state index in [1.54, 1.807) is 29.0 Å². The summed E-state index contributed by atoms with van der Waals surface area (Å²) in [7, 11) is 1.89. The number of amides is 1. The summed E-state index contributed by atoms with van der Waals surface area (Å²) < 4.78 is 5.40. The van der Waals surface area contributed by atoms with Gasteiger partial charge in [0.05, 0.1) is 5.56 Å². The fourth-order valence-corrected chi connectivity index (χ4v) is 5.04. The van der Waals surface area contributed by atoms with Crippen molar-refractivity contribution < 1.29 is 4.79 Å². The third kappa shape index (κ3) is 2.80. The molecule has 6 heterocycles. The molecule has 2 aliphatic heterocycles. The van der Waals surface area contributed by atoms with Crippen LogP contribution in [0.4, 0.5) is 0 Å². The second-order valence-electron chi connectivity index (χ2n) is 8.44. The number of pyridine rings is 2. The second kappa shape index (κ2) is 6.63. The van der Waals surface area contributed by atoms with Gasteiger partial charge in [0.1, 0.15) is 12.2 Å². The lowest BCUT2D eigenvalue weighted by atomic mass is 9.82. The lowest BCUT2D eigenvalue weighted by molar-refractivity contribution is 0.0594. The van der Waals surface area contributed by atoms with Crippen molar-refractivity contribution in [3.05, 3.63) is 70.8 Å². The lowest BCUT2D eigenvalue weighted by Crippen LogP contribution is -2.49. The maximum Gasteiger partial charge on any atom is 0.261 e. The van der Waals surface area contributed by atoms with Gasteiger partial charge in [0, 0.05) is 62.4 Å². The smallest absolute Gasteiger partial charge is 0.261 e. The molecule has 156 valence electrons. The highest BCUT2D eigenvalue weighted by Gasteiger charge is 2.37. The third-order valence-electron chi connectivity index (χ3n) is 6.48. The molecule has 0 unspecified atom stereocenters. The molecule has 9 nitrogen and oxygen atoms in total. The van der Waals surface area contributed by atoms with Crippen LogP contribution in [0, 0.1) is 5.92 Å². The first kappa shape index (κ1) is 18.1. The van der Waals surface area contributed by atoms with E-state index in [9.17, 15) is 9.59 Å². The molecule has 1 amide bonds. The minimum absolute atomic E-state index is 0.000581. The number of rotatable bonds is 2.